The monoisotopic (exact) mass is 426 g/mol. The van der Waals surface area contributed by atoms with Gasteiger partial charge in [-0.05, 0) is 42.8 Å². The summed E-state index contributed by atoms with van der Waals surface area (Å²) in [4.78, 5) is 30.2. The number of piperidine rings is 1. The van der Waals surface area contributed by atoms with E-state index >= 15 is 0 Å². The largest absolute Gasteiger partial charge is 0.484 e. The second-order valence-corrected chi connectivity index (χ2v) is 8.60. The van der Waals surface area contributed by atoms with E-state index in [2.05, 4.69) is 0 Å². The summed E-state index contributed by atoms with van der Waals surface area (Å²) >= 11 is 0. The number of hydrogen-bond donors (Lipinski definition) is 0. The molecule has 0 saturated carbocycles. The van der Waals surface area contributed by atoms with E-state index < -0.39 is 5.60 Å². The number of fused-ring (bicyclic) bond motifs is 1. The molecule has 5 nitrogen and oxygen atoms in total. The highest BCUT2D eigenvalue weighted by molar-refractivity contribution is 6.03. The summed E-state index contributed by atoms with van der Waals surface area (Å²) in [5.74, 6) is 0.768. The molecular weight excluding hydrogens is 400 g/mol. The molecule has 2 heterocycles. The van der Waals surface area contributed by atoms with Crippen molar-refractivity contribution in [3.8, 4) is 5.75 Å². The van der Waals surface area contributed by atoms with Gasteiger partial charge in [-0.2, -0.15) is 0 Å². The van der Waals surface area contributed by atoms with Gasteiger partial charge in [-0.15, -0.1) is 0 Å². The average molecular weight is 427 g/mol. The zero-order valence-corrected chi connectivity index (χ0v) is 18.2. The standard InChI is InChI=1S/C27H26N2O3/c1-20-9-5-6-12-22(20)26(31)28-17-15-27(16-18-28)19-25(30)29(21-10-3-2-4-11-21)23-13-7-8-14-24(23)32-27/h2-14H,15-19H2,1H3. The minimum absolute atomic E-state index is 0.0137. The lowest BCUT2D eigenvalue weighted by molar-refractivity contribution is -0.122. The average Bonchev–Trinajstić information content (AvgIpc) is 2.93. The topological polar surface area (TPSA) is 49.9 Å². The van der Waals surface area contributed by atoms with Gasteiger partial charge in [0, 0.05) is 37.2 Å². The first kappa shape index (κ1) is 20.3. The van der Waals surface area contributed by atoms with Gasteiger partial charge in [0.1, 0.15) is 11.4 Å². The molecule has 0 radical (unpaired) electrons. The number of carbonyl (C=O) groups excluding carboxylic acids is 2. The third-order valence-corrected chi connectivity index (χ3v) is 6.51. The summed E-state index contributed by atoms with van der Waals surface area (Å²) in [6.45, 7) is 3.09. The number of amides is 2. The quantitative estimate of drug-likeness (QED) is 0.572. The van der Waals surface area contributed by atoms with Crippen LogP contribution >= 0.6 is 0 Å². The van der Waals surface area contributed by atoms with Crippen LogP contribution in [0.5, 0.6) is 5.75 Å². The lowest BCUT2D eigenvalue weighted by Crippen LogP contribution is -2.51. The molecule has 0 aliphatic carbocycles. The molecule has 0 N–H and O–H groups in total. The number of aryl methyl sites for hydroxylation is 1. The van der Waals surface area contributed by atoms with E-state index in [9.17, 15) is 9.59 Å². The first-order valence-electron chi connectivity index (χ1n) is 11.1. The van der Waals surface area contributed by atoms with Crippen LogP contribution in [0.2, 0.25) is 0 Å². The molecule has 2 aliphatic rings. The van der Waals surface area contributed by atoms with Crippen molar-refractivity contribution >= 4 is 23.2 Å². The minimum Gasteiger partial charge on any atom is -0.484 e. The van der Waals surface area contributed by atoms with Crippen molar-refractivity contribution in [2.45, 2.75) is 31.8 Å². The SMILES string of the molecule is Cc1ccccc1C(=O)N1CCC2(CC1)CC(=O)N(c1ccccc1)c1ccccc1O2. The van der Waals surface area contributed by atoms with Crippen LogP contribution in [-0.2, 0) is 4.79 Å². The molecule has 1 fully saturated rings. The Morgan fingerprint density at radius 3 is 2.28 bits per heavy atom. The lowest BCUT2D eigenvalue weighted by atomic mass is 9.87. The van der Waals surface area contributed by atoms with E-state index in [1.54, 1.807) is 4.90 Å². The van der Waals surface area contributed by atoms with Crippen LogP contribution in [0.25, 0.3) is 0 Å². The molecule has 32 heavy (non-hydrogen) atoms. The molecule has 1 spiro atoms. The fraction of sp³-hybridized carbons (Fsp3) is 0.259. The van der Waals surface area contributed by atoms with E-state index in [1.807, 2.05) is 90.7 Å². The number of nitrogens with zero attached hydrogens (tertiary/aromatic N) is 2. The van der Waals surface area contributed by atoms with Crippen LogP contribution in [0.1, 0.15) is 35.2 Å². The number of anilines is 2. The maximum atomic E-state index is 13.5. The van der Waals surface area contributed by atoms with E-state index in [0.29, 0.717) is 31.7 Å². The molecule has 2 aliphatic heterocycles. The molecule has 0 atom stereocenters. The molecule has 3 aromatic carbocycles. The summed E-state index contributed by atoms with van der Waals surface area (Å²) in [5.41, 5.74) is 2.70. The number of para-hydroxylation sites is 3. The van der Waals surface area contributed by atoms with Crippen LogP contribution < -0.4 is 9.64 Å². The van der Waals surface area contributed by atoms with E-state index in [4.69, 9.17) is 4.74 Å². The fourth-order valence-electron chi connectivity index (χ4n) is 4.73. The number of rotatable bonds is 2. The molecule has 0 bridgehead atoms. The van der Waals surface area contributed by atoms with E-state index in [-0.39, 0.29) is 18.2 Å². The van der Waals surface area contributed by atoms with Crippen molar-refractivity contribution in [1.82, 2.24) is 4.90 Å². The third kappa shape index (κ3) is 3.64. The van der Waals surface area contributed by atoms with Crippen LogP contribution in [-0.4, -0.2) is 35.4 Å². The second-order valence-electron chi connectivity index (χ2n) is 8.60. The maximum Gasteiger partial charge on any atom is 0.254 e. The minimum atomic E-state index is -0.612. The summed E-state index contributed by atoms with van der Waals surface area (Å²) in [7, 11) is 0. The number of likely N-dealkylation sites (tertiary alicyclic amines) is 1. The maximum absolute atomic E-state index is 13.5. The molecular formula is C27H26N2O3. The van der Waals surface area contributed by atoms with Crippen molar-refractivity contribution in [2.75, 3.05) is 18.0 Å². The van der Waals surface area contributed by atoms with Gasteiger partial charge >= 0.3 is 0 Å². The Hall–Kier alpha value is -3.60. The number of ether oxygens (including phenoxy) is 1. The molecule has 0 unspecified atom stereocenters. The van der Waals surface area contributed by atoms with Gasteiger partial charge in [-0.25, -0.2) is 0 Å². The Bertz CT molecular complexity index is 1150. The van der Waals surface area contributed by atoms with Crippen LogP contribution in [0.15, 0.2) is 78.9 Å². The van der Waals surface area contributed by atoms with Gasteiger partial charge in [0.05, 0.1) is 12.1 Å². The van der Waals surface area contributed by atoms with Gasteiger partial charge in [0.2, 0.25) is 5.91 Å². The van der Waals surface area contributed by atoms with Crippen molar-refractivity contribution in [3.63, 3.8) is 0 Å². The highest BCUT2D eigenvalue weighted by atomic mass is 16.5. The van der Waals surface area contributed by atoms with E-state index in [1.165, 1.54) is 0 Å². The highest BCUT2D eigenvalue weighted by Gasteiger charge is 2.44. The Kier molecular flexibility index (Phi) is 5.17. The molecule has 3 aromatic rings. The normalized spacial score (nSPS) is 17.5. The molecule has 5 rings (SSSR count). The predicted octanol–water partition coefficient (Wildman–Crippen LogP) is 5.12. The summed E-state index contributed by atoms with van der Waals surface area (Å²) < 4.78 is 6.56. The van der Waals surface area contributed by atoms with Gasteiger partial charge in [-0.1, -0.05) is 48.5 Å². The molecule has 1 saturated heterocycles. The molecule has 0 aromatic heterocycles. The first-order chi connectivity index (χ1) is 15.6. The summed E-state index contributed by atoms with van der Waals surface area (Å²) in [5, 5.41) is 0. The van der Waals surface area contributed by atoms with Crippen LogP contribution in [0.4, 0.5) is 11.4 Å². The van der Waals surface area contributed by atoms with Crippen molar-refractivity contribution in [3.05, 3.63) is 90.0 Å². The second kappa shape index (κ2) is 8.15. The Labute approximate surface area is 188 Å². The van der Waals surface area contributed by atoms with Crippen LogP contribution in [0.3, 0.4) is 0 Å². The van der Waals surface area contributed by atoms with Crippen molar-refractivity contribution in [2.24, 2.45) is 0 Å². The van der Waals surface area contributed by atoms with Gasteiger partial charge in [0.25, 0.3) is 5.91 Å². The fourth-order valence-corrected chi connectivity index (χ4v) is 4.73. The molecule has 5 heteroatoms. The van der Waals surface area contributed by atoms with E-state index in [0.717, 1.165) is 22.5 Å². The number of hydrogen-bond acceptors (Lipinski definition) is 3. The van der Waals surface area contributed by atoms with Crippen LogP contribution in [0, 0.1) is 6.92 Å². The highest BCUT2D eigenvalue weighted by Crippen LogP contribution is 2.43. The third-order valence-electron chi connectivity index (χ3n) is 6.51. The Morgan fingerprint density at radius 1 is 0.875 bits per heavy atom. The summed E-state index contributed by atoms with van der Waals surface area (Å²) in [6, 6.07) is 25.1. The Balaban J connectivity index is 1.41. The first-order valence-corrected chi connectivity index (χ1v) is 11.1. The number of carbonyl (C=O) groups is 2. The predicted molar refractivity (Wildman–Crippen MR) is 124 cm³/mol. The molecule has 2 amide bonds. The van der Waals surface area contributed by atoms with Crippen molar-refractivity contribution < 1.29 is 14.3 Å². The van der Waals surface area contributed by atoms with Gasteiger partial charge in [0.15, 0.2) is 0 Å². The van der Waals surface area contributed by atoms with Gasteiger partial charge in [-0.3, -0.25) is 14.5 Å². The Morgan fingerprint density at radius 2 is 1.53 bits per heavy atom. The molecule has 162 valence electrons. The van der Waals surface area contributed by atoms with Crippen molar-refractivity contribution in [1.29, 1.82) is 0 Å². The van der Waals surface area contributed by atoms with Gasteiger partial charge < -0.3 is 9.64 Å². The number of benzene rings is 3. The lowest BCUT2D eigenvalue weighted by Gasteiger charge is -2.40. The zero-order chi connectivity index (χ0) is 22.1. The smallest absolute Gasteiger partial charge is 0.254 e. The zero-order valence-electron chi connectivity index (χ0n) is 18.2. The summed E-state index contributed by atoms with van der Waals surface area (Å²) in [6.07, 6.45) is 1.52.